The molecule has 0 aromatic rings. The second-order valence-electron chi connectivity index (χ2n) is 4.98. The van der Waals surface area contributed by atoms with Gasteiger partial charge in [0.15, 0.2) is 0 Å². The molecule has 15 heavy (non-hydrogen) atoms. The van der Waals surface area contributed by atoms with Crippen LogP contribution in [0.3, 0.4) is 0 Å². The first-order valence-corrected chi connectivity index (χ1v) is 6.23. The van der Waals surface area contributed by atoms with E-state index in [-0.39, 0.29) is 0 Å². The molecule has 1 rings (SSSR count). The Bertz CT molecular complexity index is 172. The molecule has 1 aliphatic heterocycles. The Morgan fingerprint density at radius 3 is 2.73 bits per heavy atom. The van der Waals surface area contributed by atoms with Crippen molar-refractivity contribution >= 4 is 0 Å². The highest BCUT2D eigenvalue weighted by molar-refractivity contribution is 4.77. The molecule has 0 amide bonds. The molecular formula is C12H27N3. The van der Waals surface area contributed by atoms with Crippen molar-refractivity contribution in [3.63, 3.8) is 0 Å². The minimum Gasteiger partial charge on any atom is -0.317 e. The standard InChI is InChI=1S/C12H27N3/c1-11(13-3)6-5-7-15-9-8-14(4)10-12(15)2/h11-13H,5-10H2,1-4H3. The van der Waals surface area contributed by atoms with Crippen molar-refractivity contribution in [3.05, 3.63) is 0 Å². The molecule has 1 saturated heterocycles. The fraction of sp³-hybridized carbons (Fsp3) is 1.00. The minimum absolute atomic E-state index is 0.660. The molecule has 1 aliphatic rings. The van der Waals surface area contributed by atoms with Gasteiger partial charge in [0.2, 0.25) is 0 Å². The van der Waals surface area contributed by atoms with Gasteiger partial charge in [0.1, 0.15) is 0 Å². The maximum Gasteiger partial charge on any atom is 0.0195 e. The van der Waals surface area contributed by atoms with E-state index in [0.717, 1.165) is 6.04 Å². The Labute approximate surface area is 94.8 Å². The highest BCUT2D eigenvalue weighted by atomic mass is 15.3. The summed E-state index contributed by atoms with van der Waals surface area (Å²) < 4.78 is 0. The molecule has 1 fully saturated rings. The predicted molar refractivity (Wildman–Crippen MR) is 66.3 cm³/mol. The van der Waals surface area contributed by atoms with Crippen LogP contribution in [-0.2, 0) is 0 Å². The first-order valence-electron chi connectivity index (χ1n) is 6.23. The molecule has 3 nitrogen and oxygen atoms in total. The summed E-state index contributed by atoms with van der Waals surface area (Å²) in [4.78, 5) is 5.06. The van der Waals surface area contributed by atoms with E-state index in [4.69, 9.17) is 0 Å². The zero-order chi connectivity index (χ0) is 11.3. The first-order chi connectivity index (χ1) is 7.13. The van der Waals surface area contributed by atoms with Crippen LogP contribution in [0, 0.1) is 0 Å². The number of rotatable bonds is 5. The summed E-state index contributed by atoms with van der Waals surface area (Å²) in [6.07, 6.45) is 2.60. The van der Waals surface area contributed by atoms with Crippen LogP contribution in [0.25, 0.3) is 0 Å². The van der Waals surface area contributed by atoms with E-state index in [2.05, 4.69) is 36.0 Å². The highest BCUT2D eigenvalue weighted by Gasteiger charge is 2.20. The summed E-state index contributed by atoms with van der Waals surface area (Å²) in [5.74, 6) is 0. The summed E-state index contributed by atoms with van der Waals surface area (Å²) in [5.41, 5.74) is 0. The zero-order valence-corrected chi connectivity index (χ0v) is 10.8. The third-order valence-corrected chi connectivity index (χ3v) is 3.54. The molecule has 0 aromatic heterocycles. The van der Waals surface area contributed by atoms with E-state index in [1.807, 2.05) is 7.05 Å². The fourth-order valence-corrected chi connectivity index (χ4v) is 2.25. The maximum atomic E-state index is 3.29. The summed E-state index contributed by atoms with van der Waals surface area (Å²) in [6, 6.07) is 1.39. The van der Waals surface area contributed by atoms with E-state index in [1.165, 1.54) is 39.0 Å². The Kier molecular flexibility index (Phi) is 5.58. The maximum absolute atomic E-state index is 3.29. The quantitative estimate of drug-likeness (QED) is 0.735. The van der Waals surface area contributed by atoms with E-state index in [1.54, 1.807) is 0 Å². The fourth-order valence-electron chi connectivity index (χ4n) is 2.25. The Balaban J connectivity index is 2.15. The Morgan fingerprint density at radius 1 is 1.40 bits per heavy atom. The monoisotopic (exact) mass is 213 g/mol. The van der Waals surface area contributed by atoms with Gasteiger partial charge in [-0.15, -0.1) is 0 Å². The molecule has 0 radical (unpaired) electrons. The number of hydrogen-bond acceptors (Lipinski definition) is 3. The number of hydrogen-bond donors (Lipinski definition) is 1. The van der Waals surface area contributed by atoms with Crippen molar-refractivity contribution in [3.8, 4) is 0 Å². The van der Waals surface area contributed by atoms with Crippen LogP contribution >= 0.6 is 0 Å². The lowest BCUT2D eigenvalue weighted by Gasteiger charge is -2.38. The minimum atomic E-state index is 0.660. The van der Waals surface area contributed by atoms with Gasteiger partial charge in [-0.05, 0) is 47.3 Å². The smallest absolute Gasteiger partial charge is 0.0195 e. The molecule has 3 heteroatoms. The molecule has 0 aromatic carbocycles. The van der Waals surface area contributed by atoms with Gasteiger partial charge in [0, 0.05) is 31.7 Å². The molecule has 1 N–H and O–H groups in total. The lowest BCUT2D eigenvalue weighted by atomic mass is 10.1. The molecule has 1 heterocycles. The van der Waals surface area contributed by atoms with Crippen molar-refractivity contribution in [1.82, 2.24) is 15.1 Å². The number of nitrogens with one attached hydrogen (secondary N) is 1. The van der Waals surface area contributed by atoms with Crippen LogP contribution in [0.15, 0.2) is 0 Å². The summed E-state index contributed by atoms with van der Waals surface area (Å²) in [7, 11) is 4.26. The van der Waals surface area contributed by atoms with Crippen LogP contribution < -0.4 is 5.32 Å². The van der Waals surface area contributed by atoms with E-state index >= 15 is 0 Å². The summed E-state index contributed by atoms with van der Waals surface area (Å²) >= 11 is 0. The third kappa shape index (κ3) is 4.49. The molecule has 0 spiro atoms. The molecule has 2 unspecified atom stereocenters. The van der Waals surface area contributed by atoms with Crippen LogP contribution in [0.5, 0.6) is 0 Å². The number of piperazine rings is 1. The zero-order valence-electron chi connectivity index (χ0n) is 10.8. The van der Waals surface area contributed by atoms with Gasteiger partial charge in [0.05, 0.1) is 0 Å². The first kappa shape index (κ1) is 12.9. The summed E-state index contributed by atoms with van der Waals surface area (Å²) in [5, 5.41) is 3.29. The van der Waals surface area contributed by atoms with Crippen molar-refractivity contribution < 1.29 is 0 Å². The normalized spacial score (nSPS) is 26.8. The molecule has 2 atom stereocenters. The topological polar surface area (TPSA) is 18.5 Å². The van der Waals surface area contributed by atoms with E-state index in [0.29, 0.717) is 6.04 Å². The van der Waals surface area contributed by atoms with Gasteiger partial charge < -0.3 is 10.2 Å². The second-order valence-corrected chi connectivity index (χ2v) is 4.98. The van der Waals surface area contributed by atoms with Crippen LogP contribution in [-0.4, -0.2) is 62.2 Å². The van der Waals surface area contributed by atoms with Crippen molar-refractivity contribution in [1.29, 1.82) is 0 Å². The van der Waals surface area contributed by atoms with E-state index < -0.39 is 0 Å². The van der Waals surface area contributed by atoms with Gasteiger partial charge in [0.25, 0.3) is 0 Å². The highest BCUT2D eigenvalue weighted by Crippen LogP contribution is 2.09. The third-order valence-electron chi connectivity index (χ3n) is 3.54. The van der Waals surface area contributed by atoms with E-state index in [9.17, 15) is 0 Å². The molecule has 0 saturated carbocycles. The molecule has 0 aliphatic carbocycles. The van der Waals surface area contributed by atoms with Crippen molar-refractivity contribution in [2.75, 3.05) is 40.3 Å². The van der Waals surface area contributed by atoms with Gasteiger partial charge in [-0.3, -0.25) is 4.90 Å². The van der Waals surface area contributed by atoms with Gasteiger partial charge in [-0.1, -0.05) is 0 Å². The molecule has 0 bridgehead atoms. The SMILES string of the molecule is CNC(C)CCCN1CCN(C)CC1C. The average molecular weight is 213 g/mol. The van der Waals surface area contributed by atoms with Crippen LogP contribution in [0.1, 0.15) is 26.7 Å². The van der Waals surface area contributed by atoms with Gasteiger partial charge >= 0.3 is 0 Å². The molecular weight excluding hydrogens is 186 g/mol. The van der Waals surface area contributed by atoms with Gasteiger partial charge in [-0.25, -0.2) is 0 Å². The van der Waals surface area contributed by atoms with Crippen molar-refractivity contribution in [2.24, 2.45) is 0 Å². The number of likely N-dealkylation sites (N-methyl/N-ethyl adjacent to an activating group) is 1. The average Bonchev–Trinajstić information content (AvgIpc) is 2.21. The lowest BCUT2D eigenvalue weighted by Crippen LogP contribution is -2.50. The van der Waals surface area contributed by atoms with Crippen LogP contribution in [0.2, 0.25) is 0 Å². The van der Waals surface area contributed by atoms with Crippen LogP contribution in [0.4, 0.5) is 0 Å². The summed E-state index contributed by atoms with van der Waals surface area (Å²) in [6.45, 7) is 9.56. The Morgan fingerprint density at radius 2 is 2.13 bits per heavy atom. The second kappa shape index (κ2) is 6.46. The van der Waals surface area contributed by atoms with Gasteiger partial charge in [-0.2, -0.15) is 0 Å². The predicted octanol–water partition coefficient (Wildman–Crippen LogP) is 1.01. The largest absolute Gasteiger partial charge is 0.317 e. The van der Waals surface area contributed by atoms with Crippen molar-refractivity contribution in [2.45, 2.75) is 38.8 Å². The Hall–Kier alpha value is -0.120. The lowest BCUT2D eigenvalue weighted by molar-refractivity contribution is 0.0979. The number of nitrogens with zero attached hydrogens (tertiary/aromatic N) is 2. The molecule has 90 valence electrons.